The van der Waals surface area contributed by atoms with Gasteiger partial charge in [-0.05, 0) is 68.9 Å². The minimum Gasteiger partial charge on any atom is -0.479 e. The number of hydrogen-bond acceptors (Lipinski definition) is 15. The van der Waals surface area contributed by atoms with Crippen LogP contribution in [0.1, 0.15) is 122 Å². The maximum absolute atomic E-state index is 14.1. The quantitative estimate of drug-likeness (QED) is 0.0826. The molecule has 0 bridgehead atoms. The van der Waals surface area contributed by atoms with E-state index >= 15 is 0 Å². The first kappa shape index (κ1) is 52.5. The summed E-state index contributed by atoms with van der Waals surface area (Å²) in [6, 6.07) is 6.26. The van der Waals surface area contributed by atoms with Crippen LogP contribution in [0.5, 0.6) is 0 Å². The molecule has 0 radical (unpaired) electrons. The normalized spacial score (nSPS) is 33.7. The van der Waals surface area contributed by atoms with Crippen molar-refractivity contribution in [3.05, 3.63) is 35.4 Å². The molecule has 2 saturated heterocycles. The van der Waals surface area contributed by atoms with Gasteiger partial charge in [0, 0.05) is 38.6 Å². The number of ether oxygens (including phenoxy) is 5. The van der Waals surface area contributed by atoms with E-state index in [1.165, 1.54) is 20.8 Å². The van der Waals surface area contributed by atoms with Crippen LogP contribution >= 0.6 is 0 Å². The second-order valence-electron chi connectivity index (χ2n) is 18.5. The maximum Gasteiger partial charge on any atom is 0.332 e. The molecule has 0 spiro atoms. The first-order valence-electron chi connectivity index (χ1n) is 23.5. The Morgan fingerprint density at radius 2 is 1.51 bits per heavy atom. The number of Topliss-reactive ketones (excluding diaryl/α,β-unsaturated/α-hetero) is 2. The van der Waals surface area contributed by atoms with Gasteiger partial charge >= 0.3 is 5.97 Å². The summed E-state index contributed by atoms with van der Waals surface area (Å²) in [4.78, 5) is 63.0. The lowest BCUT2D eigenvalue weighted by atomic mass is 9.73. The molecule has 6 unspecified atom stereocenters. The Kier molecular flexibility index (Phi) is 20.3. The number of aliphatic hydroxyl groups excluding tert-OH is 5. The molecule has 366 valence electrons. The molecule has 1 aromatic carbocycles. The molecule has 0 aromatic heterocycles. The molecule has 2 heterocycles. The van der Waals surface area contributed by atoms with Crippen LogP contribution in [-0.2, 0) is 60.6 Å². The number of benzene rings is 1. The fourth-order valence-corrected chi connectivity index (χ4v) is 9.71. The molecule has 8 N–H and O–H groups in total. The van der Waals surface area contributed by atoms with Crippen LogP contribution in [0.15, 0.2) is 24.3 Å². The Hall–Kier alpha value is -3.43. The Labute approximate surface area is 381 Å². The highest BCUT2D eigenvalue weighted by atomic mass is 16.7. The van der Waals surface area contributed by atoms with Gasteiger partial charge in [-0.1, -0.05) is 69.7 Å². The van der Waals surface area contributed by atoms with Gasteiger partial charge in [-0.15, -0.1) is 0 Å². The van der Waals surface area contributed by atoms with Crippen molar-refractivity contribution >= 4 is 29.4 Å². The number of carbonyl (C=O) groups excluding carboxylic acids is 4. The number of ketones is 2. The predicted molar refractivity (Wildman–Crippen MR) is 232 cm³/mol. The van der Waals surface area contributed by atoms with Crippen LogP contribution in [0.4, 0.5) is 0 Å². The smallest absolute Gasteiger partial charge is 0.332 e. The Balaban J connectivity index is 1.36. The molecule has 2 saturated carbocycles. The predicted octanol–water partition coefficient (Wildman–Crippen LogP) is 1.99. The van der Waals surface area contributed by atoms with Crippen LogP contribution in [0.3, 0.4) is 0 Å². The number of aliphatic hydroxyl groups is 5. The molecular weight excluding hydrogens is 849 g/mol. The topological polar surface area (TPSA) is 277 Å². The molecule has 15 atom stereocenters. The molecule has 2 amide bonds. The van der Waals surface area contributed by atoms with Gasteiger partial charge in [-0.25, -0.2) is 4.79 Å². The number of carboxylic acid groups (broad SMARTS) is 1. The summed E-state index contributed by atoms with van der Waals surface area (Å²) in [6.07, 6.45) is -8.63. The van der Waals surface area contributed by atoms with E-state index in [0.717, 1.165) is 43.2 Å². The van der Waals surface area contributed by atoms with E-state index in [-0.39, 0.29) is 49.1 Å². The maximum atomic E-state index is 14.1. The fraction of sp³-hybridized carbons (Fsp3) is 0.766. The minimum absolute atomic E-state index is 0.0395. The lowest BCUT2D eigenvalue weighted by Gasteiger charge is -2.49. The average Bonchev–Trinajstić information content (AvgIpc) is 3.28. The van der Waals surface area contributed by atoms with Crippen molar-refractivity contribution in [1.29, 1.82) is 0 Å². The monoisotopic (exact) mass is 920 g/mol. The summed E-state index contributed by atoms with van der Waals surface area (Å²) in [7, 11) is 0. The highest BCUT2D eigenvalue weighted by Gasteiger charge is 2.53. The lowest BCUT2D eigenvalue weighted by molar-refractivity contribution is -0.338. The van der Waals surface area contributed by atoms with E-state index in [9.17, 15) is 54.6 Å². The van der Waals surface area contributed by atoms with Crippen LogP contribution in [0, 0.1) is 17.8 Å². The van der Waals surface area contributed by atoms with Crippen LogP contribution in [0.2, 0.25) is 0 Å². The van der Waals surface area contributed by atoms with E-state index in [4.69, 9.17) is 23.7 Å². The zero-order chi connectivity index (χ0) is 47.4. The summed E-state index contributed by atoms with van der Waals surface area (Å²) in [5.74, 6) is -2.84. The molecule has 5 rings (SSSR count). The van der Waals surface area contributed by atoms with Crippen molar-refractivity contribution in [2.24, 2.45) is 17.8 Å². The Morgan fingerprint density at radius 3 is 2.14 bits per heavy atom. The zero-order valence-corrected chi connectivity index (χ0v) is 38.1. The third-order valence-electron chi connectivity index (χ3n) is 13.5. The van der Waals surface area contributed by atoms with Crippen molar-refractivity contribution < 1.29 is 78.3 Å². The van der Waals surface area contributed by atoms with Gasteiger partial charge in [-0.2, -0.15) is 0 Å². The molecule has 1 aromatic rings. The molecule has 2 aliphatic carbocycles. The zero-order valence-electron chi connectivity index (χ0n) is 38.1. The molecule has 2 aliphatic heterocycles. The molecular formula is C47H72N2O16. The van der Waals surface area contributed by atoms with Crippen molar-refractivity contribution in [2.45, 2.75) is 204 Å². The number of aryl methyl sites for hydroxylation is 1. The summed E-state index contributed by atoms with van der Waals surface area (Å²) in [6.45, 7) is 5.76. The van der Waals surface area contributed by atoms with Crippen molar-refractivity contribution in [3.63, 3.8) is 0 Å². The number of nitrogens with one attached hydrogen (secondary N) is 2. The second kappa shape index (κ2) is 25.1. The molecule has 65 heavy (non-hydrogen) atoms. The highest BCUT2D eigenvalue weighted by Crippen LogP contribution is 2.40. The number of hydrogen-bond donors (Lipinski definition) is 8. The summed E-state index contributed by atoms with van der Waals surface area (Å²) >= 11 is 0. The largest absolute Gasteiger partial charge is 0.479 e. The third-order valence-corrected chi connectivity index (χ3v) is 13.5. The van der Waals surface area contributed by atoms with Crippen molar-refractivity contribution in [1.82, 2.24) is 10.6 Å². The SMILES string of the molecule is CCC1CC(C(=O)CCc2ccc(CNC(=O)CCCC(C)=O)cc2)C[C@@H](O[C@@H]2O[C@@H](CO)[C@H](O)C(O[C@@H](CC3CCCCC3)C(=O)O)C2NC(C)=O)[C@@H]1O[C@@H]1OC(C)[C@@H](O)[C@H](O)C1O. The van der Waals surface area contributed by atoms with E-state index in [2.05, 4.69) is 10.6 Å². The lowest BCUT2D eigenvalue weighted by Crippen LogP contribution is -2.67. The highest BCUT2D eigenvalue weighted by molar-refractivity contribution is 5.81. The number of aliphatic carboxylic acids is 1. The number of amides is 2. The van der Waals surface area contributed by atoms with E-state index in [1.807, 2.05) is 31.2 Å². The molecule has 4 aliphatic rings. The van der Waals surface area contributed by atoms with E-state index in [0.29, 0.717) is 38.6 Å². The van der Waals surface area contributed by atoms with Crippen LogP contribution in [0.25, 0.3) is 0 Å². The number of rotatable bonds is 22. The third kappa shape index (κ3) is 14.8. The van der Waals surface area contributed by atoms with E-state index < -0.39 is 110 Å². The van der Waals surface area contributed by atoms with Gasteiger partial charge in [0.25, 0.3) is 0 Å². The molecule has 4 fully saturated rings. The van der Waals surface area contributed by atoms with Gasteiger partial charge in [0.15, 0.2) is 18.7 Å². The molecule has 18 heteroatoms. The fourth-order valence-electron chi connectivity index (χ4n) is 9.71. The Bertz CT molecular complexity index is 1710. The van der Waals surface area contributed by atoms with Crippen LogP contribution < -0.4 is 10.6 Å². The second-order valence-corrected chi connectivity index (χ2v) is 18.5. The van der Waals surface area contributed by atoms with Gasteiger partial charge in [0.1, 0.15) is 54.2 Å². The summed E-state index contributed by atoms with van der Waals surface area (Å²) in [5, 5.41) is 69.9. The first-order valence-corrected chi connectivity index (χ1v) is 23.5. The number of carboxylic acids is 1. The standard InChI is InChI=1S/C47H72N2O16/c1-5-31-21-32(33(53)19-18-28-14-16-30(17-15-28)23-48-37(54)13-9-10-25(2)51)22-34(43(31)65-47-42(58)41(57)39(55)26(3)61-47)63-46-38(49-27(4)52)44(40(56)36(24-50)64-46)62-35(45(59)60)20-29-11-7-6-8-12-29/h14-17,26,29,31-32,34-36,38-44,46-47,50,55-58H,5-13,18-24H2,1-4H3,(H,48,54)(H,49,52)(H,59,60)/t26?,31?,32?,34-,35+,36+,38?,39-,40+,41+,42?,43-,44?,46-,47+/m1/s1. The van der Waals surface area contributed by atoms with Gasteiger partial charge in [-0.3, -0.25) is 14.4 Å². The number of carbonyl (C=O) groups is 5. The average molecular weight is 921 g/mol. The van der Waals surface area contributed by atoms with Crippen molar-refractivity contribution in [2.75, 3.05) is 6.61 Å². The van der Waals surface area contributed by atoms with Crippen molar-refractivity contribution in [3.8, 4) is 0 Å². The first-order chi connectivity index (χ1) is 31.0. The van der Waals surface area contributed by atoms with E-state index in [1.54, 1.807) is 0 Å². The summed E-state index contributed by atoms with van der Waals surface area (Å²) in [5.41, 5.74) is 1.78. The molecule has 18 nitrogen and oxygen atoms in total. The van der Waals surface area contributed by atoms with Gasteiger partial charge in [0.2, 0.25) is 11.8 Å². The van der Waals surface area contributed by atoms with Gasteiger partial charge < -0.3 is 69.8 Å². The summed E-state index contributed by atoms with van der Waals surface area (Å²) < 4.78 is 31.3. The minimum atomic E-state index is -1.65. The van der Waals surface area contributed by atoms with Gasteiger partial charge in [0.05, 0.1) is 24.9 Å². The van der Waals surface area contributed by atoms with Crippen LogP contribution in [-0.4, -0.2) is 146 Å². The Morgan fingerprint density at radius 1 is 0.815 bits per heavy atom.